The highest BCUT2D eigenvalue weighted by atomic mass is 31.2. The predicted octanol–water partition coefficient (Wildman–Crippen LogP) is 10.00. The zero-order valence-corrected chi connectivity index (χ0v) is 33.0. The van der Waals surface area contributed by atoms with E-state index in [-0.39, 0.29) is 19.4 Å². The molecular weight excluding hydrogens is 671 g/mol. The van der Waals surface area contributed by atoms with Crippen LogP contribution in [0.2, 0.25) is 0 Å². The van der Waals surface area contributed by atoms with Gasteiger partial charge >= 0.3 is 19.8 Å². The molecule has 0 heterocycles. The van der Waals surface area contributed by atoms with Gasteiger partial charge in [-0.3, -0.25) is 18.6 Å². The summed E-state index contributed by atoms with van der Waals surface area (Å²) in [6.45, 7) is 2.28. The molecule has 0 aromatic rings. The molecule has 0 fully saturated rings. The van der Waals surface area contributed by atoms with Gasteiger partial charge < -0.3 is 24.6 Å². The summed E-state index contributed by atoms with van der Waals surface area (Å²) >= 11 is 0. The Kier molecular flexibility index (Phi) is 35.2. The van der Waals surface area contributed by atoms with Crippen molar-refractivity contribution in [3.63, 3.8) is 0 Å². The highest BCUT2D eigenvalue weighted by Gasteiger charge is 2.27. The topological polar surface area (TPSA) is 149 Å². The Morgan fingerprint density at radius 1 is 0.588 bits per heavy atom. The van der Waals surface area contributed by atoms with Gasteiger partial charge in [0.2, 0.25) is 0 Å². The average Bonchev–Trinajstić information content (AvgIpc) is 3.12. The van der Waals surface area contributed by atoms with Crippen LogP contribution in [0.1, 0.15) is 168 Å². The first-order valence-corrected chi connectivity index (χ1v) is 21.4. The summed E-state index contributed by atoms with van der Waals surface area (Å²) in [7, 11) is -4.61. The SMILES string of the molecule is CCCC/C=C\CCCCCCCC(=O)O[C@H](COC(=O)CCCCCCCCC/C=C\C/C=C\CCCCC)COP(=O)(O)OC[C@@H](O)CO. The van der Waals surface area contributed by atoms with Crippen LogP contribution in [-0.4, -0.2) is 65.7 Å². The van der Waals surface area contributed by atoms with Gasteiger partial charge in [0, 0.05) is 12.8 Å². The Hall–Kier alpha value is -1.81. The van der Waals surface area contributed by atoms with Crippen molar-refractivity contribution in [1.29, 1.82) is 0 Å². The first-order valence-electron chi connectivity index (χ1n) is 19.9. The maximum Gasteiger partial charge on any atom is 0.472 e. The molecule has 0 rings (SSSR count). The number of unbranched alkanes of at least 4 members (excludes halogenated alkanes) is 17. The number of carbonyl (C=O) groups excluding carboxylic acids is 2. The van der Waals surface area contributed by atoms with E-state index >= 15 is 0 Å². The van der Waals surface area contributed by atoms with Crippen LogP contribution in [0.3, 0.4) is 0 Å². The normalized spacial score (nSPS) is 14.4. The third kappa shape index (κ3) is 36.3. The highest BCUT2D eigenvalue weighted by Crippen LogP contribution is 2.43. The van der Waals surface area contributed by atoms with E-state index in [1.165, 1.54) is 57.8 Å². The van der Waals surface area contributed by atoms with Crippen LogP contribution < -0.4 is 0 Å². The molecule has 3 atom stereocenters. The van der Waals surface area contributed by atoms with Crippen molar-refractivity contribution in [1.82, 2.24) is 0 Å². The van der Waals surface area contributed by atoms with E-state index < -0.39 is 51.8 Å². The fourth-order valence-corrected chi connectivity index (χ4v) is 5.91. The number of esters is 2. The lowest BCUT2D eigenvalue weighted by atomic mass is 10.1. The minimum Gasteiger partial charge on any atom is -0.462 e. The van der Waals surface area contributed by atoms with E-state index in [4.69, 9.17) is 19.1 Å². The van der Waals surface area contributed by atoms with Gasteiger partial charge in [0.15, 0.2) is 6.10 Å². The number of hydrogen-bond acceptors (Lipinski definition) is 9. The molecule has 51 heavy (non-hydrogen) atoms. The molecule has 10 nitrogen and oxygen atoms in total. The van der Waals surface area contributed by atoms with Crippen LogP contribution >= 0.6 is 7.82 Å². The third-order valence-electron chi connectivity index (χ3n) is 8.27. The number of hydrogen-bond donors (Lipinski definition) is 3. The van der Waals surface area contributed by atoms with Gasteiger partial charge in [0.05, 0.1) is 19.8 Å². The summed E-state index contributed by atoms with van der Waals surface area (Å²) in [6.07, 6.45) is 35.4. The maximum absolute atomic E-state index is 12.5. The fourth-order valence-electron chi connectivity index (χ4n) is 5.12. The van der Waals surface area contributed by atoms with Crippen molar-refractivity contribution in [2.45, 2.75) is 180 Å². The van der Waals surface area contributed by atoms with E-state index in [0.29, 0.717) is 12.8 Å². The standard InChI is InChI=1S/C40H73O10P/c1-3-5-7-9-11-13-15-16-17-18-19-20-22-23-25-27-29-31-39(43)47-35-38(36-49-51(45,46)48-34-37(42)33-41)50-40(44)32-30-28-26-24-21-14-12-10-8-6-4-2/h10-13,16-17,37-38,41-42H,3-9,14-15,18-36H2,1-2H3,(H,45,46)/b12-10-,13-11-,17-16-/t37-,38+/m0/s1. The second-order valence-electron chi connectivity index (χ2n) is 13.3. The van der Waals surface area contributed by atoms with Crippen molar-refractivity contribution in [3.05, 3.63) is 36.5 Å². The number of ether oxygens (including phenoxy) is 2. The molecule has 0 spiro atoms. The number of phosphoric ester groups is 1. The van der Waals surface area contributed by atoms with E-state index in [1.807, 2.05) is 0 Å². The number of aliphatic hydroxyl groups excluding tert-OH is 2. The molecule has 0 aromatic carbocycles. The Balaban J connectivity index is 4.33. The van der Waals surface area contributed by atoms with Crippen molar-refractivity contribution in [2.75, 3.05) is 26.4 Å². The molecule has 3 N–H and O–H groups in total. The minimum absolute atomic E-state index is 0.172. The second kappa shape index (κ2) is 36.5. The van der Waals surface area contributed by atoms with Crippen LogP contribution in [0.5, 0.6) is 0 Å². The molecule has 0 aliphatic carbocycles. The lowest BCUT2D eigenvalue weighted by molar-refractivity contribution is -0.161. The molecule has 0 bridgehead atoms. The Morgan fingerprint density at radius 3 is 1.59 bits per heavy atom. The first kappa shape index (κ1) is 49.2. The minimum atomic E-state index is -4.61. The lowest BCUT2D eigenvalue weighted by Crippen LogP contribution is -2.29. The van der Waals surface area contributed by atoms with Gasteiger partial charge in [-0.1, -0.05) is 127 Å². The van der Waals surface area contributed by atoms with Gasteiger partial charge in [0.1, 0.15) is 12.7 Å². The van der Waals surface area contributed by atoms with Gasteiger partial charge in [0.25, 0.3) is 0 Å². The average molecular weight is 745 g/mol. The summed E-state index contributed by atoms with van der Waals surface area (Å²) in [6, 6.07) is 0. The molecular formula is C40H73O10P. The van der Waals surface area contributed by atoms with E-state index in [0.717, 1.165) is 70.6 Å². The number of aliphatic hydroxyl groups is 2. The van der Waals surface area contributed by atoms with Crippen LogP contribution in [-0.2, 0) is 32.7 Å². The molecule has 0 radical (unpaired) electrons. The van der Waals surface area contributed by atoms with Crippen molar-refractivity contribution >= 4 is 19.8 Å². The fraction of sp³-hybridized carbons (Fsp3) is 0.800. The molecule has 0 aliphatic rings. The first-order chi connectivity index (χ1) is 24.7. The van der Waals surface area contributed by atoms with Gasteiger partial charge in [-0.25, -0.2) is 4.57 Å². The zero-order valence-electron chi connectivity index (χ0n) is 32.1. The molecule has 298 valence electrons. The Labute approximate surface area is 310 Å². The lowest BCUT2D eigenvalue weighted by Gasteiger charge is -2.20. The zero-order chi connectivity index (χ0) is 37.7. The number of rotatable bonds is 37. The molecule has 1 unspecified atom stereocenters. The monoisotopic (exact) mass is 744 g/mol. The molecule has 0 aromatic heterocycles. The largest absolute Gasteiger partial charge is 0.472 e. The summed E-state index contributed by atoms with van der Waals surface area (Å²) in [5.41, 5.74) is 0. The quantitative estimate of drug-likeness (QED) is 0.0243. The Bertz CT molecular complexity index is 952. The Morgan fingerprint density at radius 2 is 1.04 bits per heavy atom. The molecule has 0 saturated heterocycles. The van der Waals surface area contributed by atoms with Crippen LogP contribution in [0.15, 0.2) is 36.5 Å². The van der Waals surface area contributed by atoms with Crippen LogP contribution in [0, 0.1) is 0 Å². The maximum atomic E-state index is 12.5. The smallest absolute Gasteiger partial charge is 0.462 e. The summed E-state index contributed by atoms with van der Waals surface area (Å²) in [5, 5.41) is 18.3. The van der Waals surface area contributed by atoms with Crippen LogP contribution in [0.25, 0.3) is 0 Å². The molecule has 0 aliphatic heterocycles. The highest BCUT2D eigenvalue weighted by molar-refractivity contribution is 7.47. The van der Waals surface area contributed by atoms with E-state index in [1.54, 1.807) is 0 Å². The third-order valence-corrected chi connectivity index (χ3v) is 9.22. The van der Waals surface area contributed by atoms with Gasteiger partial charge in [-0.05, 0) is 64.2 Å². The van der Waals surface area contributed by atoms with Gasteiger partial charge in [-0.2, -0.15) is 0 Å². The molecule has 0 saturated carbocycles. The van der Waals surface area contributed by atoms with Crippen molar-refractivity contribution in [2.24, 2.45) is 0 Å². The summed E-state index contributed by atoms with van der Waals surface area (Å²) < 4.78 is 32.6. The van der Waals surface area contributed by atoms with E-state index in [2.05, 4.69) is 54.8 Å². The molecule has 0 amide bonds. The van der Waals surface area contributed by atoms with Crippen molar-refractivity contribution < 1.29 is 47.8 Å². The summed E-state index contributed by atoms with van der Waals surface area (Å²) in [5.74, 6) is -0.947. The summed E-state index contributed by atoms with van der Waals surface area (Å²) in [4.78, 5) is 34.8. The second-order valence-corrected chi connectivity index (χ2v) is 14.8. The van der Waals surface area contributed by atoms with Crippen molar-refractivity contribution in [3.8, 4) is 0 Å². The van der Waals surface area contributed by atoms with Gasteiger partial charge in [-0.15, -0.1) is 0 Å². The molecule has 11 heteroatoms. The number of allylic oxidation sites excluding steroid dienone is 6. The number of phosphoric acid groups is 1. The number of carbonyl (C=O) groups is 2. The van der Waals surface area contributed by atoms with Crippen LogP contribution in [0.4, 0.5) is 0 Å². The predicted molar refractivity (Wildman–Crippen MR) is 205 cm³/mol. The van der Waals surface area contributed by atoms with E-state index in [9.17, 15) is 24.2 Å².